The van der Waals surface area contributed by atoms with Crippen molar-refractivity contribution in [2.24, 2.45) is 0 Å². The Morgan fingerprint density at radius 1 is 1.29 bits per heavy atom. The molecular formula is C15H22N2O4. The van der Waals surface area contributed by atoms with Crippen LogP contribution in [0.25, 0.3) is 0 Å². The van der Waals surface area contributed by atoms with Crippen LogP contribution in [-0.2, 0) is 6.42 Å². The van der Waals surface area contributed by atoms with Gasteiger partial charge in [-0.3, -0.25) is 10.1 Å². The van der Waals surface area contributed by atoms with Crippen molar-refractivity contribution in [3.8, 4) is 11.5 Å². The van der Waals surface area contributed by atoms with Crippen molar-refractivity contribution in [1.29, 1.82) is 0 Å². The largest absolute Gasteiger partial charge is 0.486 e. The fourth-order valence-corrected chi connectivity index (χ4v) is 2.63. The minimum absolute atomic E-state index is 0.109. The highest BCUT2D eigenvalue weighted by molar-refractivity contribution is 5.55. The molecule has 1 aromatic rings. The normalized spacial score (nSPS) is 14.8. The number of ether oxygens (including phenoxy) is 2. The Morgan fingerprint density at radius 2 is 1.95 bits per heavy atom. The van der Waals surface area contributed by atoms with Crippen molar-refractivity contribution in [1.82, 2.24) is 5.32 Å². The summed E-state index contributed by atoms with van der Waals surface area (Å²) in [6.07, 6.45) is 2.64. The van der Waals surface area contributed by atoms with Crippen molar-refractivity contribution < 1.29 is 14.4 Å². The van der Waals surface area contributed by atoms with Crippen LogP contribution < -0.4 is 14.8 Å². The highest BCUT2D eigenvalue weighted by Gasteiger charge is 2.23. The standard InChI is InChI=1S/C15H22N2O4/c1-3-5-12(16-4-2)8-11-9-14-15(21-7-6-20-14)10-13(11)17(18)19/h9-10,12,16H,3-8H2,1-2H3. The zero-order valence-corrected chi connectivity index (χ0v) is 12.6. The van der Waals surface area contributed by atoms with Crippen LogP contribution >= 0.6 is 0 Å². The first-order chi connectivity index (χ1) is 10.2. The van der Waals surface area contributed by atoms with Gasteiger partial charge in [0.25, 0.3) is 5.69 Å². The Balaban J connectivity index is 2.29. The number of rotatable bonds is 7. The molecule has 0 radical (unpaired) electrons. The highest BCUT2D eigenvalue weighted by atomic mass is 16.6. The monoisotopic (exact) mass is 294 g/mol. The van der Waals surface area contributed by atoms with E-state index in [0.717, 1.165) is 19.4 Å². The first kappa shape index (κ1) is 15.6. The summed E-state index contributed by atoms with van der Waals surface area (Å²) in [6, 6.07) is 3.48. The van der Waals surface area contributed by atoms with E-state index >= 15 is 0 Å². The molecule has 6 nitrogen and oxygen atoms in total. The molecule has 116 valence electrons. The van der Waals surface area contributed by atoms with Gasteiger partial charge in [-0.05, 0) is 25.5 Å². The second-order valence-corrected chi connectivity index (χ2v) is 5.13. The van der Waals surface area contributed by atoms with Crippen molar-refractivity contribution in [2.75, 3.05) is 19.8 Å². The molecule has 1 aliphatic rings. The van der Waals surface area contributed by atoms with Gasteiger partial charge in [0.2, 0.25) is 0 Å². The second kappa shape index (κ2) is 7.26. The number of fused-ring (bicyclic) bond motifs is 1. The van der Waals surface area contributed by atoms with Gasteiger partial charge in [0.15, 0.2) is 11.5 Å². The Labute approximate surface area is 124 Å². The number of nitrogens with zero attached hydrogens (tertiary/aromatic N) is 1. The number of nitro benzene ring substituents is 1. The van der Waals surface area contributed by atoms with E-state index in [4.69, 9.17) is 9.47 Å². The van der Waals surface area contributed by atoms with Crippen molar-refractivity contribution in [3.05, 3.63) is 27.8 Å². The molecule has 0 aromatic heterocycles. The zero-order valence-electron chi connectivity index (χ0n) is 12.6. The van der Waals surface area contributed by atoms with Crippen LogP contribution in [-0.4, -0.2) is 30.7 Å². The molecule has 0 spiro atoms. The van der Waals surface area contributed by atoms with E-state index in [1.807, 2.05) is 6.92 Å². The number of likely N-dealkylation sites (N-methyl/N-ethyl adjacent to an activating group) is 1. The zero-order chi connectivity index (χ0) is 15.2. The maximum absolute atomic E-state index is 11.3. The fraction of sp³-hybridized carbons (Fsp3) is 0.600. The van der Waals surface area contributed by atoms with Gasteiger partial charge >= 0.3 is 0 Å². The lowest BCUT2D eigenvalue weighted by Crippen LogP contribution is -2.31. The molecule has 1 heterocycles. The van der Waals surface area contributed by atoms with E-state index in [-0.39, 0.29) is 16.7 Å². The molecule has 6 heteroatoms. The number of hydrogen-bond donors (Lipinski definition) is 1. The summed E-state index contributed by atoms with van der Waals surface area (Å²) < 4.78 is 11.0. The topological polar surface area (TPSA) is 73.6 Å². The molecule has 0 saturated carbocycles. The Hall–Kier alpha value is -1.82. The van der Waals surface area contributed by atoms with Crippen LogP contribution in [0.3, 0.4) is 0 Å². The lowest BCUT2D eigenvalue weighted by molar-refractivity contribution is -0.385. The third-order valence-electron chi connectivity index (χ3n) is 3.54. The number of nitrogens with one attached hydrogen (secondary N) is 1. The van der Waals surface area contributed by atoms with E-state index < -0.39 is 0 Å². The van der Waals surface area contributed by atoms with Crippen molar-refractivity contribution in [3.63, 3.8) is 0 Å². The van der Waals surface area contributed by atoms with Crippen LogP contribution in [0.15, 0.2) is 12.1 Å². The van der Waals surface area contributed by atoms with Gasteiger partial charge in [-0.25, -0.2) is 0 Å². The molecule has 1 aliphatic heterocycles. The van der Waals surface area contributed by atoms with Gasteiger partial charge in [-0.2, -0.15) is 0 Å². The summed E-state index contributed by atoms with van der Waals surface area (Å²) >= 11 is 0. The maximum atomic E-state index is 11.3. The second-order valence-electron chi connectivity index (χ2n) is 5.13. The van der Waals surface area contributed by atoms with E-state index in [1.54, 1.807) is 6.07 Å². The first-order valence-electron chi connectivity index (χ1n) is 7.46. The predicted molar refractivity (Wildman–Crippen MR) is 80.2 cm³/mol. The number of nitro groups is 1. The Morgan fingerprint density at radius 3 is 2.52 bits per heavy atom. The maximum Gasteiger partial charge on any atom is 0.276 e. The van der Waals surface area contributed by atoms with Crippen molar-refractivity contribution in [2.45, 2.75) is 39.2 Å². The summed E-state index contributed by atoms with van der Waals surface area (Å²) in [6.45, 7) is 5.92. The highest BCUT2D eigenvalue weighted by Crippen LogP contribution is 2.37. The summed E-state index contributed by atoms with van der Waals surface area (Å²) in [5.74, 6) is 1.07. The third-order valence-corrected chi connectivity index (χ3v) is 3.54. The Kier molecular flexibility index (Phi) is 5.38. The molecule has 1 N–H and O–H groups in total. The quantitative estimate of drug-likeness (QED) is 0.618. The fourth-order valence-electron chi connectivity index (χ4n) is 2.63. The minimum atomic E-state index is -0.345. The molecule has 1 atom stereocenters. The molecular weight excluding hydrogens is 272 g/mol. The van der Waals surface area contributed by atoms with Crippen LogP contribution in [0.1, 0.15) is 32.3 Å². The van der Waals surface area contributed by atoms with Gasteiger partial charge in [0.1, 0.15) is 13.2 Å². The third kappa shape index (κ3) is 3.85. The Bertz CT molecular complexity index is 499. The van der Waals surface area contributed by atoms with Gasteiger partial charge < -0.3 is 14.8 Å². The van der Waals surface area contributed by atoms with Crippen LogP contribution in [0, 0.1) is 10.1 Å². The number of hydrogen-bond acceptors (Lipinski definition) is 5. The lowest BCUT2D eigenvalue weighted by Gasteiger charge is -2.21. The summed E-state index contributed by atoms with van der Waals surface area (Å²) in [4.78, 5) is 10.9. The minimum Gasteiger partial charge on any atom is -0.486 e. The first-order valence-corrected chi connectivity index (χ1v) is 7.46. The van der Waals surface area contributed by atoms with Gasteiger partial charge in [-0.1, -0.05) is 20.3 Å². The summed E-state index contributed by atoms with van der Waals surface area (Å²) in [5.41, 5.74) is 0.807. The van der Waals surface area contributed by atoms with Gasteiger partial charge in [0, 0.05) is 11.6 Å². The molecule has 0 amide bonds. The van der Waals surface area contributed by atoms with Crippen molar-refractivity contribution >= 4 is 5.69 Å². The molecule has 1 aromatic carbocycles. The van der Waals surface area contributed by atoms with Crippen LogP contribution in [0.2, 0.25) is 0 Å². The van der Waals surface area contributed by atoms with Gasteiger partial charge in [0.05, 0.1) is 11.0 Å². The summed E-state index contributed by atoms with van der Waals surface area (Å²) in [7, 11) is 0. The lowest BCUT2D eigenvalue weighted by atomic mass is 10.00. The molecule has 21 heavy (non-hydrogen) atoms. The molecule has 0 bridgehead atoms. The van der Waals surface area contributed by atoms with Gasteiger partial charge in [-0.15, -0.1) is 0 Å². The average molecular weight is 294 g/mol. The molecule has 1 unspecified atom stereocenters. The van der Waals surface area contributed by atoms with E-state index in [9.17, 15) is 10.1 Å². The predicted octanol–water partition coefficient (Wildman–Crippen LogP) is 2.69. The van der Waals surface area contributed by atoms with E-state index in [1.165, 1.54) is 6.07 Å². The van der Waals surface area contributed by atoms with E-state index in [2.05, 4.69) is 12.2 Å². The smallest absolute Gasteiger partial charge is 0.276 e. The van der Waals surface area contributed by atoms with Crippen LogP contribution in [0.5, 0.6) is 11.5 Å². The summed E-state index contributed by atoms with van der Waals surface area (Å²) in [5, 5.41) is 14.7. The SMILES string of the molecule is CCCC(Cc1cc2c(cc1[N+](=O)[O-])OCCO2)NCC. The van der Waals surface area contributed by atoms with Crippen LogP contribution in [0.4, 0.5) is 5.69 Å². The average Bonchev–Trinajstić information content (AvgIpc) is 2.47. The molecule has 0 fully saturated rings. The molecule has 0 aliphatic carbocycles. The number of benzene rings is 1. The molecule has 0 saturated heterocycles. The molecule has 2 rings (SSSR count). The van der Waals surface area contributed by atoms with E-state index in [0.29, 0.717) is 36.7 Å².